The lowest BCUT2D eigenvalue weighted by atomic mass is 10.1. The van der Waals surface area contributed by atoms with Gasteiger partial charge in [0.1, 0.15) is 5.76 Å². The summed E-state index contributed by atoms with van der Waals surface area (Å²) in [7, 11) is 1.95. The molecule has 0 saturated carbocycles. The van der Waals surface area contributed by atoms with Crippen LogP contribution in [0.2, 0.25) is 0 Å². The molecule has 4 rings (SSSR count). The van der Waals surface area contributed by atoms with Crippen LogP contribution in [-0.4, -0.2) is 42.8 Å². The zero-order valence-corrected chi connectivity index (χ0v) is 16.5. The van der Waals surface area contributed by atoms with E-state index in [2.05, 4.69) is 5.32 Å². The summed E-state index contributed by atoms with van der Waals surface area (Å²) in [5.74, 6) is -0.582. The molecule has 2 aromatic carbocycles. The lowest BCUT2D eigenvalue weighted by Crippen LogP contribution is -2.33. The van der Waals surface area contributed by atoms with Crippen LogP contribution in [0.4, 0.5) is 5.69 Å². The molecule has 0 fully saturated rings. The topological polar surface area (TPSA) is 82.9 Å². The van der Waals surface area contributed by atoms with Gasteiger partial charge in [0, 0.05) is 31.4 Å². The SMILES string of the molecule is CN(CCNC(=O)c1ccc2c(c1)C(=O)N(Cc1ccco1)C2=O)c1ccccc1. The first-order valence-corrected chi connectivity index (χ1v) is 9.61. The summed E-state index contributed by atoms with van der Waals surface area (Å²) >= 11 is 0. The molecule has 1 aliphatic rings. The number of likely N-dealkylation sites (N-methyl/N-ethyl adjacent to an activating group) is 1. The van der Waals surface area contributed by atoms with Crippen LogP contribution in [0.25, 0.3) is 0 Å². The maximum absolute atomic E-state index is 12.7. The van der Waals surface area contributed by atoms with E-state index in [0.29, 0.717) is 30.0 Å². The van der Waals surface area contributed by atoms with Crippen LogP contribution in [-0.2, 0) is 6.54 Å². The quantitative estimate of drug-likeness (QED) is 0.614. The minimum Gasteiger partial charge on any atom is -0.467 e. The monoisotopic (exact) mass is 403 g/mol. The Bertz CT molecular complexity index is 1080. The van der Waals surface area contributed by atoms with Crippen molar-refractivity contribution in [3.05, 3.63) is 89.4 Å². The number of nitrogens with zero attached hydrogens (tertiary/aromatic N) is 2. The van der Waals surface area contributed by atoms with Gasteiger partial charge in [-0.1, -0.05) is 18.2 Å². The summed E-state index contributed by atoms with van der Waals surface area (Å²) in [4.78, 5) is 40.9. The maximum Gasteiger partial charge on any atom is 0.261 e. The number of benzene rings is 2. The Labute approximate surface area is 173 Å². The predicted molar refractivity (Wildman–Crippen MR) is 111 cm³/mol. The second-order valence-electron chi connectivity index (χ2n) is 7.05. The van der Waals surface area contributed by atoms with Crippen molar-refractivity contribution in [1.82, 2.24) is 10.2 Å². The number of carbonyl (C=O) groups is 3. The van der Waals surface area contributed by atoms with Crippen molar-refractivity contribution in [2.75, 3.05) is 25.0 Å². The lowest BCUT2D eigenvalue weighted by Gasteiger charge is -2.19. The molecule has 1 aromatic heterocycles. The Hall–Kier alpha value is -3.87. The van der Waals surface area contributed by atoms with Gasteiger partial charge < -0.3 is 14.6 Å². The van der Waals surface area contributed by atoms with Gasteiger partial charge in [-0.3, -0.25) is 19.3 Å². The van der Waals surface area contributed by atoms with Crippen LogP contribution < -0.4 is 10.2 Å². The summed E-state index contributed by atoms with van der Waals surface area (Å²) in [6, 6.07) is 17.9. The molecule has 0 bridgehead atoms. The molecule has 3 amide bonds. The molecule has 0 aliphatic carbocycles. The highest BCUT2D eigenvalue weighted by molar-refractivity contribution is 6.22. The molecule has 0 atom stereocenters. The third kappa shape index (κ3) is 3.82. The standard InChI is InChI=1S/C23H21N3O4/c1-25(17-6-3-2-4-7-17)12-11-24-21(27)16-9-10-19-20(14-16)23(29)26(22(19)28)15-18-8-5-13-30-18/h2-10,13-14H,11-12,15H2,1H3,(H,24,27). The largest absolute Gasteiger partial charge is 0.467 e. The highest BCUT2D eigenvalue weighted by Crippen LogP contribution is 2.25. The van der Waals surface area contributed by atoms with Gasteiger partial charge >= 0.3 is 0 Å². The van der Waals surface area contributed by atoms with E-state index < -0.39 is 5.91 Å². The van der Waals surface area contributed by atoms with Crippen molar-refractivity contribution in [2.24, 2.45) is 0 Å². The lowest BCUT2D eigenvalue weighted by molar-refractivity contribution is 0.0631. The molecule has 0 unspecified atom stereocenters. The number of carbonyl (C=O) groups excluding carboxylic acids is 3. The van der Waals surface area contributed by atoms with Gasteiger partial charge in [-0.25, -0.2) is 0 Å². The van der Waals surface area contributed by atoms with E-state index in [1.165, 1.54) is 18.4 Å². The molecule has 0 radical (unpaired) electrons. The van der Waals surface area contributed by atoms with Crippen molar-refractivity contribution in [2.45, 2.75) is 6.54 Å². The maximum atomic E-state index is 12.7. The van der Waals surface area contributed by atoms with E-state index in [-0.39, 0.29) is 23.9 Å². The molecule has 2 heterocycles. The molecule has 7 heteroatoms. The first-order valence-electron chi connectivity index (χ1n) is 9.61. The predicted octanol–water partition coefficient (Wildman–Crippen LogP) is 2.94. The summed E-state index contributed by atoms with van der Waals surface area (Å²) in [6.45, 7) is 1.14. The number of imide groups is 1. The van der Waals surface area contributed by atoms with Crippen LogP contribution in [0.1, 0.15) is 36.8 Å². The van der Waals surface area contributed by atoms with Crippen molar-refractivity contribution in [1.29, 1.82) is 0 Å². The fourth-order valence-electron chi connectivity index (χ4n) is 3.38. The second kappa shape index (κ2) is 8.24. The number of nitrogens with one attached hydrogen (secondary N) is 1. The Morgan fingerprint density at radius 3 is 2.50 bits per heavy atom. The Balaban J connectivity index is 1.40. The molecule has 0 spiro atoms. The molecule has 30 heavy (non-hydrogen) atoms. The van der Waals surface area contributed by atoms with Gasteiger partial charge in [-0.15, -0.1) is 0 Å². The van der Waals surface area contributed by atoms with Crippen LogP contribution in [0, 0.1) is 0 Å². The average Bonchev–Trinajstić information content (AvgIpc) is 3.37. The number of rotatable bonds is 7. The van der Waals surface area contributed by atoms with Gasteiger partial charge in [0.25, 0.3) is 17.7 Å². The van der Waals surface area contributed by atoms with E-state index in [1.807, 2.05) is 42.3 Å². The Kier molecular flexibility index (Phi) is 5.34. The summed E-state index contributed by atoms with van der Waals surface area (Å²) < 4.78 is 5.23. The molecule has 152 valence electrons. The number of fused-ring (bicyclic) bond motifs is 1. The second-order valence-corrected chi connectivity index (χ2v) is 7.05. The summed E-state index contributed by atoms with van der Waals surface area (Å²) in [5, 5.41) is 2.86. The number of hydrogen-bond donors (Lipinski definition) is 1. The molecule has 0 saturated heterocycles. The fraction of sp³-hybridized carbons (Fsp3) is 0.174. The van der Waals surface area contributed by atoms with Crippen molar-refractivity contribution < 1.29 is 18.8 Å². The van der Waals surface area contributed by atoms with Gasteiger partial charge in [0.15, 0.2) is 0 Å². The normalized spacial score (nSPS) is 12.8. The number of anilines is 1. The zero-order valence-electron chi connectivity index (χ0n) is 16.5. The van der Waals surface area contributed by atoms with Crippen LogP contribution in [0.3, 0.4) is 0 Å². The minimum atomic E-state index is -0.426. The minimum absolute atomic E-state index is 0.0622. The van der Waals surface area contributed by atoms with Crippen LogP contribution >= 0.6 is 0 Å². The highest BCUT2D eigenvalue weighted by Gasteiger charge is 2.36. The summed E-state index contributed by atoms with van der Waals surface area (Å²) in [5.41, 5.74) is 1.94. The number of para-hydroxylation sites is 1. The first kappa shape index (κ1) is 19.4. The van der Waals surface area contributed by atoms with Crippen molar-refractivity contribution >= 4 is 23.4 Å². The Morgan fingerprint density at radius 2 is 1.77 bits per heavy atom. The third-order valence-corrected chi connectivity index (χ3v) is 5.06. The highest BCUT2D eigenvalue weighted by atomic mass is 16.3. The first-order chi connectivity index (χ1) is 14.5. The average molecular weight is 403 g/mol. The fourth-order valence-corrected chi connectivity index (χ4v) is 3.38. The van der Waals surface area contributed by atoms with Gasteiger partial charge in [0.2, 0.25) is 0 Å². The van der Waals surface area contributed by atoms with E-state index in [9.17, 15) is 14.4 Å². The number of furan rings is 1. The third-order valence-electron chi connectivity index (χ3n) is 5.06. The molecule has 7 nitrogen and oxygen atoms in total. The molecular weight excluding hydrogens is 382 g/mol. The van der Waals surface area contributed by atoms with Crippen LogP contribution in [0.15, 0.2) is 71.3 Å². The van der Waals surface area contributed by atoms with Gasteiger partial charge in [0.05, 0.1) is 23.9 Å². The van der Waals surface area contributed by atoms with E-state index in [0.717, 1.165) is 10.6 Å². The number of hydrogen-bond acceptors (Lipinski definition) is 5. The van der Waals surface area contributed by atoms with Crippen LogP contribution in [0.5, 0.6) is 0 Å². The molecule has 1 aliphatic heterocycles. The van der Waals surface area contributed by atoms with Gasteiger partial charge in [-0.2, -0.15) is 0 Å². The molecule has 3 aromatic rings. The van der Waals surface area contributed by atoms with E-state index >= 15 is 0 Å². The smallest absolute Gasteiger partial charge is 0.261 e. The zero-order chi connectivity index (χ0) is 21.1. The van der Waals surface area contributed by atoms with Gasteiger partial charge in [-0.05, 0) is 42.5 Å². The van der Waals surface area contributed by atoms with E-state index in [1.54, 1.807) is 18.2 Å². The van der Waals surface area contributed by atoms with E-state index in [4.69, 9.17) is 4.42 Å². The number of amides is 3. The molecule has 1 N–H and O–H groups in total. The Morgan fingerprint density at radius 1 is 1.00 bits per heavy atom. The molecular formula is C23H21N3O4. The van der Waals surface area contributed by atoms with Crippen molar-refractivity contribution in [3.8, 4) is 0 Å². The summed E-state index contributed by atoms with van der Waals surface area (Å²) in [6.07, 6.45) is 1.49. The van der Waals surface area contributed by atoms with Crippen molar-refractivity contribution in [3.63, 3.8) is 0 Å².